The Labute approximate surface area is 151 Å². The van der Waals surface area contributed by atoms with E-state index in [1.165, 1.54) is 29.5 Å². The largest absolute Gasteiger partial charge is 0.481 e. The van der Waals surface area contributed by atoms with Crippen LogP contribution >= 0.6 is 0 Å². The molecule has 0 bridgehead atoms. The number of nitrogens with zero attached hydrogens (tertiary/aromatic N) is 2. The van der Waals surface area contributed by atoms with E-state index in [1.54, 1.807) is 12.3 Å². The summed E-state index contributed by atoms with van der Waals surface area (Å²) in [7, 11) is 1.49. The second-order valence-electron chi connectivity index (χ2n) is 6.39. The Morgan fingerprint density at radius 2 is 1.88 bits per heavy atom. The predicted octanol–water partition coefficient (Wildman–Crippen LogP) is 2.39. The minimum atomic E-state index is -0.982. The Morgan fingerprint density at radius 3 is 2.50 bits per heavy atom. The first kappa shape index (κ1) is 19.2. The van der Waals surface area contributed by atoms with E-state index in [1.807, 2.05) is 31.2 Å². The van der Waals surface area contributed by atoms with Crippen molar-refractivity contribution in [3.8, 4) is 0 Å². The van der Waals surface area contributed by atoms with Gasteiger partial charge >= 0.3 is 12.0 Å². The molecule has 0 fully saturated rings. The monoisotopic (exact) mass is 357 g/mol. The number of hydrogen-bond donors (Lipinski definition) is 2. The van der Waals surface area contributed by atoms with Gasteiger partial charge in [0.1, 0.15) is 5.69 Å². The lowest BCUT2D eigenvalue weighted by Crippen LogP contribution is -2.38. The van der Waals surface area contributed by atoms with Gasteiger partial charge in [-0.2, -0.15) is 0 Å². The molecule has 0 aliphatic heterocycles. The van der Waals surface area contributed by atoms with E-state index in [0.717, 1.165) is 11.1 Å². The van der Waals surface area contributed by atoms with E-state index < -0.39 is 17.9 Å². The second kappa shape index (κ2) is 8.33. The summed E-state index contributed by atoms with van der Waals surface area (Å²) in [5.74, 6) is -1.68. The second-order valence-corrected chi connectivity index (χ2v) is 6.39. The van der Waals surface area contributed by atoms with Crippen LogP contribution in [-0.2, 0) is 11.3 Å². The number of carboxylic acids is 1. The molecule has 7 nitrogen and oxygen atoms in total. The molecular formula is C19H23N3O4. The van der Waals surface area contributed by atoms with Gasteiger partial charge in [-0.3, -0.25) is 9.59 Å². The lowest BCUT2D eigenvalue weighted by molar-refractivity contribution is -0.141. The normalized spacial score (nSPS) is 11.7. The van der Waals surface area contributed by atoms with E-state index in [0.29, 0.717) is 6.54 Å². The molecule has 1 heterocycles. The number of carbonyl (C=O) groups is 2. The van der Waals surface area contributed by atoms with Crippen LogP contribution in [0.3, 0.4) is 0 Å². The van der Waals surface area contributed by atoms with Gasteiger partial charge in [-0.15, -0.1) is 0 Å². The minimum Gasteiger partial charge on any atom is -0.481 e. The van der Waals surface area contributed by atoms with Crippen LogP contribution in [0.2, 0.25) is 0 Å². The summed E-state index contributed by atoms with van der Waals surface area (Å²) in [6, 6.07) is 10.5. The summed E-state index contributed by atoms with van der Waals surface area (Å²) in [5.41, 5.74) is 1.95. The zero-order valence-electron chi connectivity index (χ0n) is 15.1. The van der Waals surface area contributed by atoms with Crippen molar-refractivity contribution >= 4 is 17.7 Å². The lowest BCUT2D eigenvalue weighted by atomic mass is 10.1. The van der Waals surface area contributed by atoms with Gasteiger partial charge in [0.15, 0.2) is 0 Å². The Balaban J connectivity index is 2.11. The Bertz CT molecular complexity index is 843. The minimum absolute atomic E-state index is 0.0472. The summed E-state index contributed by atoms with van der Waals surface area (Å²) in [6.45, 7) is 3.96. The number of carbonyl (C=O) groups excluding carboxylic acids is 1. The average Bonchev–Trinajstić information content (AvgIpc) is 2.60. The van der Waals surface area contributed by atoms with Crippen molar-refractivity contribution in [1.29, 1.82) is 0 Å². The molecule has 2 amide bonds. The predicted molar refractivity (Wildman–Crippen MR) is 99.4 cm³/mol. The number of anilines is 1. The summed E-state index contributed by atoms with van der Waals surface area (Å²) in [5, 5.41) is 11.5. The number of urea groups is 1. The summed E-state index contributed by atoms with van der Waals surface area (Å²) >= 11 is 0. The van der Waals surface area contributed by atoms with Crippen LogP contribution in [-0.4, -0.2) is 40.2 Å². The molecule has 2 rings (SSSR count). The lowest BCUT2D eigenvalue weighted by Gasteiger charge is -2.20. The van der Waals surface area contributed by atoms with Crippen molar-refractivity contribution in [2.75, 3.05) is 18.9 Å². The topological polar surface area (TPSA) is 91.6 Å². The average molecular weight is 357 g/mol. The van der Waals surface area contributed by atoms with Crippen molar-refractivity contribution in [3.63, 3.8) is 0 Å². The number of rotatable bonds is 6. The Kier molecular flexibility index (Phi) is 6.16. The molecule has 138 valence electrons. The number of aromatic nitrogens is 1. The third kappa shape index (κ3) is 4.95. The maximum atomic E-state index is 12.6. The molecule has 0 radical (unpaired) electrons. The first-order valence-corrected chi connectivity index (χ1v) is 8.28. The van der Waals surface area contributed by atoms with Gasteiger partial charge < -0.3 is 19.9 Å². The molecule has 1 aromatic carbocycles. The Hall–Kier alpha value is -3.09. The number of amides is 2. The number of benzene rings is 1. The van der Waals surface area contributed by atoms with Crippen LogP contribution in [0.25, 0.3) is 0 Å². The molecule has 0 saturated carbocycles. The number of aryl methyl sites for hydroxylation is 1. The fourth-order valence-electron chi connectivity index (χ4n) is 2.43. The third-order valence-electron chi connectivity index (χ3n) is 4.05. The highest BCUT2D eigenvalue weighted by Crippen LogP contribution is 2.07. The number of aliphatic carboxylic acids is 1. The number of carboxylic acid groups (broad SMARTS) is 1. The number of nitrogens with one attached hydrogen (secondary N) is 1. The smallest absolute Gasteiger partial charge is 0.321 e. The molecule has 0 aliphatic rings. The first-order valence-electron chi connectivity index (χ1n) is 8.28. The van der Waals surface area contributed by atoms with Gasteiger partial charge in [0.25, 0.3) is 5.56 Å². The number of hydrogen-bond acceptors (Lipinski definition) is 3. The third-order valence-corrected chi connectivity index (χ3v) is 4.05. The van der Waals surface area contributed by atoms with E-state index in [9.17, 15) is 14.4 Å². The van der Waals surface area contributed by atoms with Gasteiger partial charge in [0, 0.05) is 19.8 Å². The highest BCUT2D eigenvalue weighted by Gasteiger charge is 2.18. The molecule has 2 aromatic rings. The van der Waals surface area contributed by atoms with Gasteiger partial charge in [0.05, 0.1) is 12.5 Å². The molecule has 1 atom stereocenters. The molecular weight excluding hydrogens is 334 g/mol. The van der Waals surface area contributed by atoms with Crippen molar-refractivity contribution in [2.24, 2.45) is 5.92 Å². The first-order chi connectivity index (χ1) is 12.3. The van der Waals surface area contributed by atoms with E-state index in [4.69, 9.17) is 5.11 Å². The van der Waals surface area contributed by atoms with Crippen molar-refractivity contribution in [1.82, 2.24) is 9.47 Å². The van der Waals surface area contributed by atoms with Crippen molar-refractivity contribution < 1.29 is 14.7 Å². The van der Waals surface area contributed by atoms with Gasteiger partial charge in [-0.05, 0) is 24.6 Å². The van der Waals surface area contributed by atoms with Crippen molar-refractivity contribution in [3.05, 3.63) is 64.1 Å². The zero-order valence-corrected chi connectivity index (χ0v) is 15.1. The molecule has 0 aliphatic carbocycles. The zero-order chi connectivity index (χ0) is 19.3. The maximum Gasteiger partial charge on any atom is 0.321 e. The summed E-state index contributed by atoms with van der Waals surface area (Å²) < 4.78 is 1.51. The van der Waals surface area contributed by atoms with Crippen molar-refractivity contribution in [2.45, 2.75) is 20.4 Å². The van der Waals surface area contributed by atoms with Crippen LogP contribution in [0.4, 0.5) is 10.5 Å². The molecule has 26 heavy (non-hydrogen) atoms. The standard InChI is InChI=1S/C19H23N3O4/c1-13-6-8-15(9-7-13)12-22-10-4-5-16(17(22)23)20-19(26)21(3)11-14(2)18(24)25/h4-10,14H,11-12H2,1-3H3,(H,20,26)(H,24,25). The maximum absolute atomic E-state index is 12.6. The van der Waals surface area contributed by atoms with Gasteiger partial charge in [-0.1, -0.05) is 36.8 Å². The van der Waals surface area contributed by atoms with Crippen LogP contribution in [0, 0.1) is 12.8 Å². The van der Waals surface area contributed by atoms with Crippen LogP contribution in [0.1, 0.15) is 18.1 Å². The molecule has 1 aromatic heterocycles. The molecule has 7 heteroatoms. The molecule has 1 unspecified atom stereocenters. The SMILES string of the molecule is Cc1ccc(Cn2cccc(NC(=O)N(C)CC(C)C(=O)O)c2=O)cc1. The molecule has 2 N–H and O–H groups in total. The highest BCUT2D eigenvalue weighted by molar-refractivity contribution is 5.89. The van der Waals surface area contributed by atoms with E-state index in [-0.39, 0.29) is 17.8 Å². The summed E-state index contributed by atoms with van der Waals surface area (Å²) in [6.07, 6.45) is 1.66. The quantitative estimate of drug-likeness (QED) is 0.830. The Morgan fingerprint density at radius 1 is 1.23 bits per heavy atom. The van der Waals surface area contributed by atoms with E-state index >= 15 is 0 Å². The number of pyridine rings is 1. The molecule has 0 saturated heterocycles. The fraction of sp³-hybridized carbons (Fsp3) is 0.316. The van der Waals surface area contributed by atoms with Gasteiger partial charge in [-0.25, -0.2) is 4.79 Å². The van der Waals surface area contributed by atoms with Crippen LogP contribution in [0.5, 0.6) is 0 Å². The van der Waals surface area contributed by atoms with Crippen LogP contribution < -0.4 is 10.9 Å². The van der Waals surface area contributed by atoms with Crippen LogP contribution in [0.15, 0.2) is 47.4 Å². The molecule has 0 spiro atoms. The van der Waals surface area contributed by atoms with Gasteiger partial charge in [0.2, 0.25) is 0 Å². The van der Waals surface area contributed by atoms with E-state index in [2.05, 4.69) is 5.32 Å². The fourth-order valence-corrected chi connectivity index (χ4v) is 2.43. The highest BCUT2D eigenvalue weighted by atomic mass is 16.4. The summed E-state index contributed by atoms with van der Waals surface area (Å²) in [4.78, 5) is 36.9.